The van der Waals surface area contributed by atoms with Crippen molar-refractivity contribution in [2.75, 3.05) is 27.8 Å². The molecule has 0 aliphatic rings. The summed E-state index contributed by atoms with van der Waals surface area (Å²) in [6.45, 7) is 0.884. The van der Waals surface area contributed by atoms with E-state index in [1.807, 2.05) is 6.07 Å². The third-order valence-corrected chi connectivity index (χ3v) is 4.34. The fourth-order valence-electron chi connectivity index (χ4n) is 2.73. The minimum Gasteiger partial charge on any atom is -0.496 e. The molecule has 0 radical (unpaired) electrons. The standard InChI is InChI=1S/C21H24F3N3O3.HI/c1-25-20(26-11-10-14-4-7-16(8-5-14)21(22,23)24)27-13-15-6-9-18(29-2)17(12-15)19(28)30-3;/h4-9,12H,10-11,13H2,1-3H3,(H2,25,26,27);1H. The van der Waals surface area contributed by atoms with Crippen molar-refractivity contribution < 1.29 is 27.4 Å². The maximum Gasteiger partial charge on any atom is 0.416 e. The molecule has 0 fully saturated rings. The molecule has 2 aromatic rings. The molecule has 2 aromatic carbocycles. The maximum atomic E-state index is 12.6. The van der Waals surface area contributed by atoms with E-state index < -0.39 is 17.7 Å². The van der Waals surface area contributed by atoms with Crippen LogP contribution in [0.2, 0.25) is 0 Å². The van der Waals surface area contributed by atoms with E-state index >= 15 is 0 Å². The van der Waals surface area contributed by atoms with E-state index in [2.05, 4.69) is 15.6 Å². The molecule has 0 atom stereocenters. The number of benzene rings is 2. The molecule has 0 saturated carbocycles. The summed E-state index contributed by atoms with van der Waals surface area (Å²) < 4.78 is 47.8. The van der Waals surface area contributed by atoms with Gasteiger partial charge in [-0.15, -0.1) is 24.0 Å². The molecule has 2 N–H and O–H groups in total. The summed E-state index contributed by atoms with van der Waals surface area (Å²) in [6, 6.07) is 10.2. The highest BCUT2D eigenvalue weighted by molar-refractivity contribution is 14.0. The quantitative estimate of drug-likeness (QED) is 0.236. The van der Waals surface area contributed by atoms with Gasteiger partial charge in [0, 0.05) is 20.1 Å². The lowest BCUT2D eigenvalue weighted by Gasteiger charge is -2.14. The minimum atomic E-state index is -4.34. The van der Waals surface area contributed by atoms with Crippen LogP contribution in [0, 0.1) is 0 Å². The molecule has 0 spiro atoms. The lowest BCUT2D eigenvalue weighted by Crippen LogP contribution is -2.37. The van der Waals surface area contributed by atoms with Crippen LogP contribution in [0.4, 0.5) is 13.2 Å². The van der Waals surface area contributed by atoms with Gasteiger partial charge in [-0.3, -0.25) is 4.99 Å². The molecule has 0 amide bonds. The molecular formula is C21H25F3IN3O3. The zero-order valence-corrected chi connectivity index (χ0v) is 19.7. The predicted molar refractivity (Wildman–Crippen MR) is 123 cm³/mol. The fourth-order valence-corrected chi connectivity index (χ4v) is 2.73. The molecule has 170 valence electrons. The number of esters is 1. The average Bonchev–Trinajstić information content (AvgIpc) is 2.75. The van der Waals surface area contributed by atoms with Crippen molar-refractivity contribution in [2.24, 2.45) is 4.99 Å². The summed E-state index contributed by atoms with van der Waals surface area (Å²) in [4.78, 5) is 16.0. The number of aliphatic imine (C=N–C) groups is 1. The van der Waals surface area contributed by atoms with Crippen molar-refractivity contribution in [3.05, 3.63) is 64.7 Å². The van der Waals surface area contributed by atoms with Crippen LogP contribution in [0.3, 0.4) is 0 Å². The van der Waals surface area contributed by atoms with E-state index in [0.717, 1.165) is 23.3 Å². The van der Waals surface area contributed by atoms with E-state index in [-0.39, 0.29) is 24.0 Å². The van der Waals surface area contributed by atoms with Gasteiger partial charge in [0.2, 0.25) is 0 Å². The molecule has 0 aromatic heterocycles. The third-order valence-electron chi connectivity index (χ3n) is 4.34. The van der Waals surface area contributed by atoms with Crippen LogP contribution in [-0.2, 0) is 23.9 Å². The van der Waals surface area contributed by atoms with Crippen molar-refractivity contribution in [2.45, 2.75) is 19.1 Å². The number of hydrogen-bond acceptors (Lipinski definition) is 4. The Bertz CT molecular complexity index is 888. The van der Waals surface area contributed by atoms with Gasteiger partial charge in [-0.25, -0.2) is 4.79 Å². The van der Waals surface area contributed by atoms with Gasteiger partial charge in [-0.2, -0.15) is 13.2 Å². The Kier molecular flexibility index (Phi) is 10.6. The van der Waals surface area contributed by atoms with Crippen LogP contribution in [0.25, 0.3) is 0 Å². The Morgan fingerprint density at radius 3 is 2.23 bits per heavy atom. The Balaban J connectivity index is 0.00000480. The highest BCUT2D eigenvalue weighted by Crippen LogP contribution is 2.29. The number of hydrogen-bond donors (Lipinski definition) is 2. The van der Waals surface area contributed by atoms with Crippen LogP contribution in [0.15, 0.2) is 47.5 Å². The van der Waals surface area contributed by atoms with Crippen molar-refractivity contribution in [1.29, 1.82) is 0 Å². The number of ether oxygens (including phenoxy) is 2. The van der Waals surface area contributed by atoms with Crippen molar-refractivity contribution in [3.8, 4) is 5.75 Å². The number of nitrogens with one attached hydrogen (secondary N) is 2. The van der Waals surface area contributed by atoms with E-state index in [1.165, 1.54) is 26.4 Å². The van der Waals surface area contributed by atoms with E-state index in [4.69, 9.17) is 9.47 Å². The van der Waals surface area contributed by atoms with Gasteiger partial charge in [0.15, 0.2) is 5.96 Å². The second-order valence-corrected chi connectivity index (χ2v) is 6.32. The number of carbonyl (C=O) groups excluding carboxylic acids is 1. The molecule has 0 bridgehead atoms. The first-order chi connectivity index (χ1) is 14.3. The highest BCUT2D eigenvalue weighted by Gasteiger charge is 2.29. The number of rotatable bonds is 7. The maximum absolute atomic E-state index is 12.6. The molecule has 10 heteroatoms. The molecule has 31 heavy (non-hydrogen) atoms. The first-order valence-corrected chi connectivity index (χ1v) is 9.14. The molecule has 2 rings (SSSR count). The molecule has 6 nitrogen and oxygen atoms in total. The lowest BCUT2D eigenvalue weighted by molar-refractivity contribution is -0.137. The van der Waals surface area contributed by atoms with Crippen molar-refractivity contribution >= 4 is 35.9 Å². The van der Waals surface area contributed by atoms with E-state index in [0.29, 0.717) is 36.8 Å². The largest absolute Gasteiger partial charge is 0.496 e. The van der Waals surface area contributed by atoms with E-state index in [9.17, 15) is 18.0 Å². The van der Waals surface area contributed by atoms with Gasteiger partial charge >= 0.3 is 12.1 Å². The second-order valence-electron chi connectivity index (χ2n) is 6.32. The van der Waals surface area contributed by atoms with Gasteiger partial charge in [-0.1, -0.05) is 18.2 Å². The lowest BCUT2D eigenvalue weighted by atomic mass is 10.1. The van der Waals surface area contributed by atoms with Crippen molar-refractivity contribution in [1.82, 2.24) is 10.6 Å². The molecule has 0 aliphatic heterocycles. The van der Waals surface area contributed by atoms with Crippen LogP contribution in [0.5, 0.6) is 5.75 Å². The summed E-state index contributed by atoms with van der Waals surface area (Å²) in [5, 5.41) is 6.22. The summed E-state index contributed by atoms with van der Waals surface area (Å²) in [5.41, 5.74) is 1.26. The van der Waals surface area contributed by atoms with Crippen LogP contribution in [0.1, 0.15) is 27.0 Å². The monoisotopic (exact) mass is 551 g/mol. The fraction of sp³-hybridized carbons (Fsp3) is 0.333. The Morgan fingerprint density at radius 2 is 1.68 bits per heavy atom. The zero-order chi connectivity index (χ0) is 22.1. The molecule has 0 saturated heterocycles. The Labute approximate surface area is 196 Å². The average molecular weight is 551 g/mol. The molecule has 0 heterocycles. The van der Waals surface area contributed by atoms with Crippen molar-refractivity contribution in [3.63, 3.8) is 0 Å². The van der Waals surface area contributed by atoms with Gasteiger partial charge < -0.3 is 20.1 Å². The number of carbonyl (C=O) groups is 1. The topological polar surface area (TPSA) is 72.0 Å². The van der Waals surface area contributed by atoms with Crippen LogP contribution >= 0.6 is 24.0 Å². The summed E-state index contributed by atoms with van der Waals surface area (Å²) in [6.07, 6.45) is -3.80. The van der Waals surface area contributed by atoms with E-state index in [1.54, 1.807) is 19.2 Å². The number of alkyl halides is 3. The van der Waals surface area contributed by atoms with Gasteiger partial charge in [0.1, 0.15) is 11.3 Å². The highest BCUT2D eigenvalue weighted by atomic mass is 127. The van der Waals surface area contributed by atoms with Gasteiger partial charge in [0.05, 0.1) is 19.8 Å². The second kappa shape index (κ2) is 12.4. The first kappa shape index (κ1) is 26.5. The van der Waals surface area contributed by atoms with Crippen LogP contribution in [-0.4, -0.2) is 39.7 Å². The van der Waals surface area contributed by atoms with Gasteiger partial charge in [0.25, 0.3) is 0 Å². The molecular weight excluding hydrogens is 526 g/mol. The summed E-state index contributed by atoms with van der Waals surface area (Å²) in [5.74, 6) is 0.453. The smallest absolute Gasteiger partial charge is 0.416 e. The number of guanidine groups is 1. The van der Waals surface area contributed by atoms with Crippen LogP contribution < -0.4 is 15.4 Å². The number of nitrogens with zero attached hydrogens (tertiary/aromatic N) is 1. The molecule has 0 unspecified atom stereocenters. The zero-order valence-electron chi connectivity index (χ0n) is 17.4. The Hall–Kier alpha value is -2.50. The normalized spacial score (nSPS) is 11.4. The number of methoxy groups -OCH3 is 2. The van der Waals surface area contributed by atoms with Gasteiger partial charge in [-0.05, 0) is 41.8 Å². The Morgan fingerprint density at radius 1 is 1.03 bits per heavy atom. The predicted octanol–water partition coefficient (Wildman–Crippen LogP) is 4.03. The minimum absolute atomic E-state index is 0. The first-order valence-electron chi connectivity index (χ1n) is 9.14. The third kappa shape index (κ3) is 7.93. The molecule has 0 aliphatic carbocycles. The summed E-state index contributed by atoms with van der Waals surface area (Å²) in [7, 11) is 4.39. The number of halogens is 4. The summed E-state index contributed by atoms with van der Waals surface area (Å²) >= 11 is 0. The SMILES string of the molecule is CN=C(NCCc1ccc(C(F)(F)F)cc1)NCc1ccc(OC)c(C(=O)OC)c1.I.